The minimum atomic E-state index is -0.671. The maximum Gasteiger partial charge on any atom is 0.227 e. The first-order chi connectivity index (χ1) is 16.4. The molecule has 0 radical (unpaired) electrons. The summed E-state index contributed by atoms with van der Waals surface area (Å²) in [6.45, 7) is 1.14. The van der Waals surface area contributed by atoms with Crippen LogP contribution in [0.25, 0.3) is 10.9 Å². The average Bonchev–Trinajstić information content (AvgIpc) is 3.42. The summed E-state index contributed by atoms with van der Waals surface area (Å²) in [6.07, 6.45) is 4.15. The number of benzene rings is 1. The third-order valence-corrected chi connectivity index (χ3v) is 6.34. The number of carbonyl (C=O) groups excluding carboxylic acids is 1. The average molecular weight is 463 g/mol. The van der Waals surface area contributed by atoms with Gasteiger partial charge in [0, 0.05) is 61.5 Å². The van der Waals surface area contributed by atoms with Gasteiger partial charge in [-0.1, -0.05) is 18.2 Å². The smallest absolute Gasteiger partial charge is 0.227 e. The minimum absolute atomic E-state index is 0.0220. The molecule has 0 aliphatic carbocycles. The van der Waals surface area contributed by atoms with Crippen molar-refractivity contribution in [2.45, 2.75) is 31.9 Å². The highest BCUT2D eigenvalue weighted by Crippen LogP contribution is 2.34. The first kappa shape index (κ1) is 22.0. The Bertz CT molecular complexity index is 1420. The van der Waals surface area contributed by atoms with Gasteiger partial charge in [0.25, 0.3) is 0 Å². The molecule has 1 aliphatic heterocycles. The van der Waals surface area contributed by atoms with Crippen LogP contribution in [0.5, 0.6) is 5.75 Å². The van der Waals surface area contributed by atoms with Crippen molar-refractivity contribution in [2.75, 3.05) is 13.7 Å². The van der Waals surface area contributed by atoms with E-state index >= 15 is 0 Å². The van der Waals surface area contributed by atoms with E-state index in [0.717, 1.165) is 17.6 Å². The van der Waals surface area contributed by atoms with Crippen molar-refractivity contribution < 1.29 is 19.1 Å². The van der Waals surface area contributed by atoms with E-state index < -0.39 is 17.1 Å². The second kappa shape index (κ2) is 8.83. The zero-order chi connectivity index (χ0) is 23.8. The summed E-state index contributed by atoms with van der Waals surface area (Å²) in [5.41, 5.74) is 3.45. The Morgan fingerprint density at radius 1 is 1.35 bits per heavy atom. The number of fused-ring (bicyclic) bond motifs is 3. The van der Waals surface area contributed by atoms with Crippen LogP contribution in [0.15, 0.2) is 51.9 Å². The van der Waals surface area contributed by atoms with Gasteiger partial charge in [0.1, 0.15) is 12.4 Å². The monoisotopic (exact) mass is 462 g/mol. The Morgan fingerprint density at radius 2 is 2.18 bits per heavy atom. The standard InChI is InChI=1S/C25H26N4O5/c1-28-12-15(11-26-28)19(25-24(32)22(30)9-16(34-25)14-33-2)10-23(31)29-8-7-18-17-5-3-4-6-20(17)27-21(18)13-29/h3-6,9,11-12,19,27,32H,7-8,10,13-14H2,1-2H3/t19-/m0/s1. The Morgan fingerprint density at radius 3 is 2.94 bits per heavy atom. The number of rotatable bonds is 6. The van der Waals surface area contributed by atoms with Crippen LogP contribution in [0.2, 0.25) is 0 Å². The van der Waals surface area contributed by atoms with E-state index in [9.17, 15) is 14.7 Å². The highest BCUT2D eigenvalue weighted by molar-refractivity contribution is 5.86. The summed E-state index contributed by atoms with van der Waals surface area (Å²) in [5, 5.41) is 16.0. The zero-order valence-electron chi connectivity index (χ0n) is 19.1. The topological polar surface area (TPSA) is 114 Å². The molecule has 0 fully saturated rings. The molecular weight excluding hydrogens is 436 g/mol. The van der Waals surface area contributed by atoms with Crippen LogP contribution >= 0.6 is 0 Å². The summed E-state index contributed by atoms with van der Waals surface area (Å²) in [6, 6.07) is 9.34. The van der Waals surface area contributed by atoms with Gasteiger partial charge in [-0.2, -0.15) is 5.10 Å². The van der Waals surface area contributed by atoms with E-state index in [-0.39, 0.29) is 30.5 Å². The summed E-state index contributed by atoms with van der Waals surface area (Å²) in [7, 11) is 3.26. The molecule has 2 N–H and O–H groups in total. The predicted octanol–water partition coefficient (Wildman–Crippen LogP) is 2.81. The first-order valence-electron chi connectivity index (χ1n) is 11.1. The van der Waals surface area contributed by atoms with Gasteiger partial charge >= 0.3 is 0 Å². The van der Waals surface area contributed by atoms with Gasteiger partial charge in [-0.05, 0) is 18.1 Å². The van der Waals surface area contributed by atoms with Crippen LogP contribution in [0.1, 0.15) is 40.7 Å². The molecule has 4 aromatic rings. The molecule has 5 rings (SSSR count). The number of aryl methyl sites for hydroxylation is 1. The van der Waals surface area contributed by atoms with Gasteiger partial charge in [-0.15, -0.1) is 0 Å². The second-order valence-corrected chi connectivity index (χ2v) is 8.62. The molecule has 1 atom stereocenters. The highest BCUT2D eigenvalue weighted by Gasteiger charge is 2.31. The van der Waals surface area contributed by atoms with Crippen molar-refractivity contribution >= 4 is 16.8 Å². The van der Waals surface area contributed by atoms with Crippen molar-refractivity contribution in [1.29, 1.82) is 0 Å². The van der Waals surface area contributed by atoms with E-state index in [2.05, 4.69) is 16.1 Å². The third-order valence-electron chi connectivity index (χ3n) is 6.34. The normalized spacial score (nSPS) is 14.4. The Hall–Kier alpha value is -3.85. The molecule has 9 nitrogen and oxygen atoms in total. The molecular formula is C25H26N4O5. The molecule has 3 aromatic heterocycles. The van der Waals surface area contributed by atoms with Crippen LogP contribution in [0.3, 0.4) is 0 Å². The van der Waals surface area contributed by atoms with E-state index in [1.54, 1.807) is 29.0 Å². The molecule has 0 spiro atoms. The van der Waals surface area contributed by atoms with Crippen molar-refractivity contribution in [3.63, 3.8) is 0 Å². The maximum absolute atomic E-state index is 13.5. The van der Waals surface area contributed by atoms with Crippen LogP contribution in [-0.2, 0) is 36.2 Å². The summed E-state index contributed by atoms with van der Waals surface area (Å²) in [5.74, 6) is -0.947. The molecule has 0 saturated carbocycles. The number of amides is 1. The molecule has 1 aliphatic rings. The van der Waals surface area contributed by atoms with Crippen molar-refractivity contribution in [1.82, 2.24) is 19.7 Å². The largest absolute Gasteiger partial charge is 0.502 e. The molecule has 4 heterocycles. The highest BCUT2D eigenvalue weighted by atomic mass is 16.5. The molecule has 1 aromatic carbocycles. The molecule has 0 bridgehead atoms. The lowest BCUT2D eigenvalue weighted by Gasteiger charge is -2.28. The number of para-hydroxylation sites is 1. The number of H-pyrrole nitrogens is 1. The van der Waals surface area contributed by atoms with E-state index in [4.69, 9.17) is 9.15 Å². The lowest BCUT2D eigenvalue weighted by molar-refractivity contribution is -0.132. The molecule has 34 heavy (non-hydrogen) atoms. The van der Waals surface area contributed by atoms with Gasteiger partial charge in [0.05, 0.1) is 18.7 Å². The van der Waals surface area contributed by atoms with Gasteiger partial charge in [0.2, 0.25) is 17.1 Å². The summed E-state index contributed by atoms with van der Waals surface area (Å²) < 4.78 is 12.6. The van der Waals surface area contributed by atoms with Crippen molar-refractivity contribution in [3.05, 3.63) is 81.3 Å². The number of aromatic hydroxyl groups is 1. The number of ether oxygens (including phenoxy) is 1. The third kappa shape index (κ3) is 3.99. The lowest BCUT2D eigenvalue weighted by atomic mass is 9.93. The minimum Gasteiger partial charge on any atom is -0.502 e. The quantitative estimate of drug-likeness (QED) is 0.456. The van der Waals surface area contributed by atoms with Gasteiger partial charge < -0.3 is 24.1 Å². The van der Waals surface area contributed by atoms with E-state index in [1.807, 2.05) is 18.2 Å². The lowest BCUT2D eigenvalue weighted by Crippen LogP contribution is -2.36. The fourth-order valence-electron chi connectivity index (χ4n) is 4.70. The zero-order valence-corrected chi connectivity index (χ0v) is 19.1. The van der Waals surface area contributed by atoms with Gasteiger partial charge in [-0.25, -0.2) is 0 Å². The van der Waals surface area contributed by atoms with Crippen molar-refractivity contribution in [2.24, 2.45) is 7.05 Å². The predicted molar refractivity (Wildman–Crippen MR) is 124 cm³/mol. The van der Waals surface area contributed by atoms with Crippen LogP contribution in [0, 0.1) is 0 Å². The molecule has 176 valence electrons. The number of carbonyl (C=O) groups is 1. The van der Waals surface area contributed by atoms with Crippen LogP contribution in [-0.4, -0.2) is 44.3 Å². The van der Waals surface area contributed by atoms with Crippen molar-refractivity contribution in [3.8, 4) is 5.75 Å². The summed E-state index contributed by atoms with van der Waals surface area (Å²) in [4.78, 5) is 31.1. The molecule has 0 saturated heterocycles. The Balaban J connectivity index is 1.46. The number of aromatic amines is 1. The maximum atomic E-state index is 13.5. The second-order valence-electron chi connectivity index (χ2n) is 8.62. The summed E-state index contributed by atoms with van der Waals surface area (Å²) >= 11 is 0. The van der Waals surface area contributed by atoms with Gasteiger partial charge in [-0.3, -0.25) is 14.3 Å². The number of aromatic nitrogens is 3. The molecule has 1 amide bonds. The number of hydrogen-bond acceptors (Lipinski definition) is 6. The fraction of sp³-hybridized carbons (Fsp3) is 0.320. The first-order valence-corrected chi connectivity index (χ1v) is 11.1. The number of nitrogens with one attached hydrogen (secondary N) is 1. The van der Waals surface area contributed by atoms with E-state index in [1.165, 1.54) is 24.1 Å². The van der Waals surface area contributed by atoms with Crippen LogP contribution < -0.4 is 5.43 Å². The Kier molecular flexibility index (Phi) is 5.70. The van der Waals surface area contributed by atoms with Gasteiger partial charge in [0.15, 0.2) is 5.76 Å². The SMILES string of the molecule is COCc1cc(=O)c(O)c([C@@H](CC(=O)N2CCc3c([nH]c4ccccc34)C2)c2cnn(C)c2)o1. The molecule has 0 unspecified atom stereocenters. The number of nitrogens with zero attached hydrogens (tertiary/aromatic N) is 3. The number of methoxy groups -OCH3 is 1. The Labute approximate surface area is 195 Å². The molecule has 9 heteroatoms. The van der Waals surface area contributed by atoms with E-state index in [0.29, 0.717) is 18.7 Å². The van der Waals surface area contributed by atoms with Crippen LogP contribution in [0.4, 0.5) is 0 Å². The fourth-order valence-corrected chi connectivity index (χ4v) is 4.70. The number of hydrogen-bond donors (Lipinski definition) is 2.